The monoisotopic (exact) mass is 433 g/mol. The number of rotatable bonds is 9. The molecule has 0 aliphatic carbocycles. The molecular weight excluding hydrogens is 405 g/mol. The highest BCUT2D eigenvalue weighted by Crippen LogP contribution is 2.17. The van der Waals surface area contributed by atoms with Gasteiger partial charge in [0.2, 0.25) is 5.91 Å². The fraction of sp³-hybridized carbons (Fsp3) is 0.476. The summed E-state index contributed by atoms with van der Waals surface area (Å²) < 4.78 is 13.7. The largest absolute Gasteiger partial charge is 0.356 e. The van der Waals surface area contributed by atoms with Crippen molar-refractivity contribution in [3.63, 3.8) is 0 Å². The van der Waals surface area contributed by atoms with Gasteiger partial charge in [0.1, 0.15) is 5.82 Å². The number of hydrogen-bond donors (Lipinski definition) is 2. The van der Waals surface area contributed by atoms with Crippen molar-refractivity contribution in [3.8, 4) is 0 Å². The summed E-state index contributed by atoms with van der Waals surface area (Å²) in [6.45, 7) is 6.18. The molecule has 1 aliphatic rings. The Morgan fingerprint density at radius 2 is 1.93 bits per heavy atom. The standard InChI is InChI=1S/C21H28FN5O2S/c1-26-10-12-27(13-11-26)9-5-4-8-23-19(28)14-16-15-30-21(24-16)25-20(29)17-6-2-3-7-18(17)22/h2-3,6-7,15H,4-5,8-14H2,1H3,(H,23,28)(H,24,25,29). The Morgan fingerprint density at radius 3 is 2.70 bits per heavy atom. The van der Waals surface area contributed by atoms with Crippen LogP contribution < -0.4 is 10.6 Å². The predicted octanol–water partition coefficient (Wildman–Crippen LogP) is 2.22. The summed E-state index contributed by atoms with van der Waals surface area (Å²) in [5.74, 6) is -1.23. The molecule has 0 radical (unpaired) electrons. The lowest BCUT2D eigenvalue weighted by Crippen LogP contribution is -2.44. The lowest BCUT2D eigenvalue weighted by Gasteiger charge is -2.32. The molecule has 9 heteroatoms. The Hall–Kier alpha value is -2.36. The van der Waals surface area contributed by atoms with Crippen molar-refractivity contribution in [2.45, 2.75) is 19.3 Å². The molecule has 2 heterocycles. The molecule has 0 bridgehead atoms. The van der Waals surface area contributed by atoms with Crippen LogP contribution in [0.15, 0.2) is 29.6 Å². The molecule has 0 saturated carbocycles. The first-order valence-corrected chi connectivity index (χ1v) is 11.1. The molecule has 1 saturated heterocycles. The molecule has 0 unspecified atom stereocenters. The molecule has 2 aromatic rings. The topological polar surface area (TPSA) is 77.6 Å². The second kappa shape index (κ2) is 11.1. The first-order valence-electron chi connectivity index (χ1n) is 10.2. The minimum Gasteiger partial charge on any atom is -0.356 e. The fourth-order valence-electron chi connectivity index (χ4n) is 3.24. The van der Waals surface area contributed by atoms with Gasteiger partial charge in [0.25, 0.3) is 5.91 Å². The Bertz CT molecular complexity index is 851. The van der Waals surface area contributed by atoms with E-state index < -0.39 is 11.7 Å². The molecule has 0 spiro atoms. The van der Waals surface area contributed by atoms with E-state index in [1.165, 1.54) is 29.5 Å². The molecular formula is C21H28FN5O2S. The lowest BCUT2D eigenvalue weighted by molar-refractivity contribution is -0.120. The van der Waals surface area contributed by atoms with Crippen LogP contribution in [0.3, 0.4) is 0 Å². The van der Waals surface area contributed by atoms with Gasteiger partial charge in [-0.2, -0.15) is 0 Å². The van der Waals surface area contributed by atoms with Crippen LogP contribution in [0.5, 0.6) is 0 Å². The van der Waals surface area contributed by atoms with Crippen molar-refractivity contribution in [2.75, 3.05) is 51.6 Å². The van der Waals surface area contributed by atoms with Gasteiger partial charge in [0, 0.05) is 38.1 Å². The van der Waals surface area contributed by atoms with Crippen LogP contribution in [0.2, 0.25) is 0 Å². The number of likely N-dealkylation sites (N-methyl/N-ethyl adjacent to an activating group) is 1. The van der Waals surface area contributed by atoms with Crippen molar-refractivity contribution in [3.05, 3.63) is 46.7 Å². The third-order valence-electron chi connectivity index (χ3n) is 5.05. The van der Waals surface area contributed by atoms with Gasteiger partial charge in [-0.3, -0.25) is 14.9 Å². The maximum Gasteiger partial charge on any atom is 0.260 e. The highest BCUT2D eigenvalue weighted by molar-refractivity contribution is 7.14. The normalized spacial score (nSPS) is 15.1. The summed E-state index contributed by atoms with van der Waals surface area (Å²) in [5, 5.41) is 7.57. The third-order valence-corrected chi connectivity index (χ3v) is 5.86. The quantitative estimate of drug-likeness (QED) is 0.593. The average Bonchev–Trinajstić information content (AvgIpc) is 3.16. The number of benzene rings is 1. The summed E-state index contributed by atoms with van der Waals surface area (Å²) in [4.78, 5) is 33.3. The molecule has 3 rings (SSSR count). The van der Waals surface area contributed by atoms with E-state index in [2.05, 4.69) is 32.5 Å². The van der Waals surface area contributed by atoms with Crippen LogP contribution in [0, 0.1) is 5.82 Å². The average molecular weight is 434 g/mol. The highest BCUT2D eigenvalue weighted by atomic mass is 32.1. The number of anilines is 1. The number of nitrogens with one attached hydrogen (secondary N) is 2. The summed E-state index contributed by atoms with van der Waals surface area (Å²) >= 11 is 1.21. The van der Waals surface area contributed by atoms with Gasteiger partial charge in [-0.25, -0.2) is 9.37 Å². The molecule has 7 nitrogen and oxygen atoms in total. The summed E-state index contributed by atoms with van der Waals surface area (Å²) in [6, 6.07) is 5.77. The predicted molar refractivity (Wildman–Crippen MR) is 116 cm³/mol. The first kappa shape index (κ1) is 22.3. The second-order valence-corrected chi connectivity index (χ2v) is 8.31. The Kier molecular flexibility index (Phi) is 8.30. The third kappa shape index (κ3) is 6.86. The number of carbonyl (C=O) groups is 2. The second-order valence-electron chi connectivity index (χ2n) is 7.46. The number of unbranched alkanes of at least 4 members (excludes halogenated alkanes) is 1. The highest BCUT2D eigenvalue weighted by Gasteiger charge is 2.15. The van der Waals surface area contributed by atoms with E-state index >= 15 is 0 Å². The maximum atomic E-state index is 13.7. The number of amides is 2. The maximum absolute atomic E-state index is 13.7. The first-order chi connectivity index (χ1) is 14.5. The smallest absolute Gasteiger partial charge is 0.260 e. The fourth-order valence-corrected chi connectivity index (χ4v) is 3.95. The van der Waals surface area contributed by atoms with Crippen molar-refractivity contribution in [1.82, 2.24) is 20.1 Å². The van der Waals surface area contributed by atoms with Gasteiger partial charge in [0.05, 0.1) is 17.7 Å². The number of halogens is 1. The van der Waals surface area contributed by atoms with E-state index in [9.17, 15) is 14.0 Å². The SMILES string of the molecule is CN1CCN(CCCCNC(=O)Cc2csc(NC(=O)c3ccccc3F)n2)CC1. The number of nitrogens with zero attached hydrogens (tertiary/aromatic N) is 3. The van der Waals surface area contributed by atoms with Crippen molar-refractivity contribution < 1.29 is 14.0 Å². The van der Waals surface area contributed by atoms with Gasteiger partial charge in [-0.05, 0) is 38.6 Å². The summed E-state index contributed by atoms with van der Waals surface area (Å²) in [6.07, 6.45) is 2.16. The van der Waals surface area contributed by atoms with Gasteiger partial charge in [-0.1, -0.05) is 12.1 Å². The van der Waals surface area contributed by atoms with Crippen LogP contribution in [0.25, 0.3) is 0 Å². The molecule has 1 fully saturated rings. The van der Waals surface area contributed by atoms with E-state index in [0.29, 0.717) is 17.4 Å². The summed E-state index contributed by atoms with van der Waals surface area (Å²) in [7, 11) is 2.15. The molecule has 2 N–H and O–H groups in total. The van der Waals surface area contributed by atoms with Gasteiger partial charge in [0.15, 0.2) is 5.13 Å². The van der Waals surface area contributed by atoms with Crippen molar-refractivity contribution >= 4 is 28.3 Å². The minimum absolute atomic E-state index is 0.0384. The van der Waals surface area contributed by atoms with E-state index in [0.717, 1.165) is 45.6 Å². The van der Waals surface area contributed by atoms with E-state index in [-0.39, 0.29) is 17.9 Å². The molecule has 1 aliphatic heterocycles. The van der Waals surface area contributed by atoms with Crippen molar-refractivity contribution in [1.29, 1.82) is 0 Å². The number of carbonyl (C=O) groups excluding carboxylic acids is 2. The zero-order valence-corrected chi connectivity index (χ0v) is 18.0. The zero-order valence-electron chi connectivity index (χ0n) is 17.2. The molecule has 30 heavy (non-hydrogen) atoms. The van der Waals surface area contributed by atoms with Crippen LogP contribution in [-0.2, 0) is 11.2 Å². The van der Waals surface area contributed by atoms with Crippen LogP contribution in [0.1, 0.15) is 28.9 Å². The number of piperazine rings is 1. The zero-order chi connectivity index (χ0) is 21.3. The number of hydrogen-bond acceptors (Lipinski definition) is 6. The van der Waals surface area contributed by atoms with E-state index in [1.807, 2.05) is 0 Å². The molecule has 1 aromatic carbocycles. The van der Waals surface area contributed by atoms with Crippen molar-refractivity contribution in [2.24, 2.45) is 0 Å². The van der Waals surface area contributed by atoms with Crippen LogP contribution >= 0.6 is 11.3 Å². The van der Waals surface area contributed by atoms with E-state index in [1.54, 1.807) is 11.4 Å². The Labute approximate surface area is 180 Å². The number of aromatic nitrogens is 1. The van der Waals surface area contributed by atoms with E-state index in [4.69, 9.17) is 0 Å². The Balaban J connectivity index is 1.33. The molecule has 162 valence electrons. The molecule has 0 atom stereocenters. The molecule has 1 aromatic heterocycles. The van der Waals surface area contributed by atoms with Crippen LogP contribution in [-0.4, -0.2) is 72.9 Å². The minimum atomic E-state index is -0.584. The Morgan fingerprint density at radius 1 is 1.17 bits per heavy atom. The number of thiazole rings is 1. The van der Waals surface area contributed by atoms with Crippen LogP contribution in [0.4, 0.5) is 9.52 Å². The molecule has 2 amide bonds. The van der Waals surface area contributed by atoms with Gasteiger partial charge >= 0.3 is 0 Å². The van der Waals surface area contributed by atoms with Gasteiger partial charge in [-0.15, -0.1) is 11.3 Å². The lowest BCUT2D eigenvalue weighted by atomic mass is 10.2. The summed E-state index contributed by atoms with van der Waals surface area (Å²) in [5.41, 5.74) is 0.544. The van der Waals surface area contributed by atoms with Gasteiger partial charge < -0.3 is 15.1 Å².